The van der Waals surface area contributed by atoms with Gasteiger partial charge in [0.2, 0.25) is 0 Å². The number of aryl methyl sites for hydroxylation is 2. The van der Waals surface area contributed by atoms with Gasteiger partial charge in [0.15, 0.2) is 16.3 Å². The Bertz CT molecular complexity index is 810. The molecule has 0 aliphatic carbocycles. The van der Waals surface area contributed by atoms with Crippen molar-refractivity contribution in [2.24, 2.45) is 21.1 Å². The molecular formula is C14H22N4O5S. The highest BCUT2D eigenvalue weighted by atomic mass is 32.2. The van der Waals surface area contributed by atoms with Crippen LogP contribution in [0.2, 0.25) is 0 Å². The first kappa shape index (κ1) is 18.7. The molecule has 2 heterocycles. The van der Waals surface area contributed by atoms with Gasteiger partial charge in [-0.15, -0.1) is 0 Å². The summed E-state index contributed by atoms with van der Waals surface area (Å²) < 4.78 is 14.7. The van der Waals surface area contributed by atoms with Gasteiger partial charge in [0.05, 0.1) is 33.0 Å². The van der Waals surface area contributed by atoms with E-state index in [2.05, 4.69) is 4.98 Å². The molecule has 10 heteroatoms. The van der Waals surface area contributed by atoms with Crippen LogP contribution in [0.5, 0.6) is 0 Å². The largest absolute Gasteiger partial charge is 0.394 e. The third-order valence-corrected chi connectivity index (χ3v) is 4.50. The van der Waals surface area contributed by atoms with E-state index in [-0.39, 0.29) is 12.2 Å². The Balaban J connectivity index is 2.00. The van der Waals surface area contributed by atoms with E-state index in [4.69, 9.17) is 14.6 Å². The van der Waals surface area contributed by atoms with E-state index in [0.717, 1.165) is 4.57 Å². The summed E-state index contributed by atoms with van der Waals surface area (Å²) in [6.07, 6.45) is 0. The van der Waals surface area contributed by atoms with E-state index in [0.29, 0.717) is 48.5 Å². The maximum absolute atomic E-state index is 12.3. The SMILES string of the molecule is Cn1c(=O)c2c(nc(SCCOCCOCCO)n2C)n(C)c1=O. The standard InChI is InChI=1S/C14H22N4O5S/c1-16-10-11(17(2)14(21)18(3)12(10)20)15-13(16)24-9-8-23-7-6-22-5-4-19/h19H,4-9H2,1-3H3. The Labute approximate surface area is 142 Å². The summed E-state index contributed by atoms with van der Waals surface area (Å²) in [5.41, 5.74) is 0.0347. The second-order valence-corrected chi connectivity index (χ2v) is 6.19. The molecule has 0 bridgehead atoms. The van der Waals surface area contributed by atoms with Crippen LogP contribution in [0.1, 0.15) is 0 Å². The Hall–Kier alpha value is -1.62. The van der Waals surface area contributed by atoms with Crippen LogP contribution in [0, 0.1) is 0 Å². The van der Waals surface area contributed by atoms with Gasteiger partial charge in [-0.1, -0.05) is 11.8 Å². The van der Waals surface area contributed by atoms with Gasteiger partial charge in [-0.25, -0.2) is 9.78 Å². The highest BCUT2D eigenvalue weighted by Gasteiger charge is 2.16. The van der Waals surface area contributed by atoms with E-state index in [1.807, 2.05) is 0 Å². The summed E-state index contributed by atoms with van der Waals surface area (Å²) in [6, 6.07) is 0. The van der Waals surface area contributed by atoms with Crippen molar-refractivity contribution in [1.29, 1.82) is 0 Å². The highest BCUT2D eigenvalue weighted by Crippen LogP contribution is 2.19. The van der Waals surface area contributed by atoms with Crippen LogP contribution in [0.15, 0.2) is 14.7 Å². The van der Waals surface area contributed by atoms with Crippen LogP contribution in [0.3, 0.4) is 0 Å². The van der Waals surface area contributed by atoms with Gasteiger partial charge in [-0.3, -0.25) is 13.9 Å². The minimum atomic E-state index is -0.395. The molecule has 0 aromatic carbocycles. The molecule has 0 spiro atoms. The number of thioether (sulfide) groups is 1. The van der Waals surface area contributed by atoms with Gasteiger partial charge < -0.3 is 19.1 Å². The van der Waals surface area contributed by atoms with Crippen LogP contribution in [-0.4, -0.2) is 62.6 Å². The fraction of sp³-hybridized carbons (Fsp3) is 0.643. The molecule has 0 fully saturated rings. The van der Waals surface area contributed by atoms with Gasteiger partial charge in [-0.05, 0) is 0 Å². The van der Waals surface area contributed by atoms with Crippen molar-refractivity contribution in [2.75, 3.05) is 38.8 Å². The molecule has 0 radical (unpaired) electrons. The summed E-state index contributed by atoms with van der Waals surface area (Å²) in [5, 5.41) is 9.22. The zero-order chi connectivity index (χ0) is 17.7. The van der Waals surface area contributed by atoms with E-state index in [9.17, 15) is 9.59 Å². The second-order valence-electron chi connectivity index (χ2n) is 5.13. The maximum Gasteiger partial charge on any atom is 0.332 e. The van der Waals surface area contributed by atoms with E-state index in [1.54, 1.807) is 18.7 Å². The van der Waals surface area contributed by atoms with Crippen molar-refractivity contribution in [1.82, 2.24) is 18.7 Å². The number of aliphatic hydroxyl groups excluding tert-OH is 1. The number of aliphatic hydroxyl groups is 1. The van der Waals surface area contributed by atoms with E-state index < -0.39 is 5.69 Å². The van der Waals surface area contributed by atoms with E-state index in [1.165, 1.54) is 23.4 Å². The Morgan fingerprint density at radius 1 is 1.00 bits per heavy atom. The summed E-state index contributed by atoms with van der Waals surface area (Å²) in [7, 11) is 4.81. The number of ether oxygens (including phenoxy) is 2. The van der Waals surface area contributed by atoms with Crippen molar-refractivity contribution in [3.05, 3.63) is 20.8 Å². The van der Waals surface area contributed by atoms with Crippen molar-refractivity contribution in [2.45, 2.75) is 5.16 Å². The molecule has 0 atom stereocenters. The fourth-order valence-electron chi connectivity index (χ4n) is 2.21. The Morgan fingerprint density at radius 2 is 1.67 bits per heavy atom. The zero-order valence-corrected chi connectivity index (χ0v) is 14.8. The first-order valence-corrected chi connectivity index (χ1v) is 8.49. The molecular weight excluding hydrogens is 336 g/mol. The lowest BCUT2D eigenvalue weighted by Crippen LogP contribution is -2.37. The normalized spacial score (nSPS) is 11.5. The number of aromatic nitrogens is 4. The predicted molar refractivity (Wildman–Crippen MR) is 90.6 cm³/mol. The lowest BCUT2D eigenvalue weighted by Gasteiger charge is -2.05. The smallest absolute Gasteiger partial charge is 0.332 e. The molecule has 134 valence electrons. The summed E-state index contributed by atoms with van der Waals surface area (Å²) in [5.74, 6) is 0.658. The first-order chi connectivity index (χ1) is 11.5. The molecule has 0 saturated heterocycles. The molecule has 2 aromatic heterocycles. The predicted octanol–water partition coefficient (Wildman–Crippen LogP) is -0.912. The minimum absolute atomic E-state index is 0.00450. The summed E-state index contributed by atoms with van der Waals surface area (Å²) in [6.45, 7) is 1.72. The van der Waals surface area contributed by atoms with Gasteiger partial charge in [0, 0.05) is 26.9 Å². The van der Waals surface area contributed by atoms with Crippen LogP contribution in [0.25, 0.3) is 11.2 Å². The van der Waals surface area contributed by atoms with Crippen molar-refractivity contribution >= 4 is 22.9 Å². The topological polar surface area (TPSA) is 101 Å². The average molecular weight is 358 g/mol. The molecule has 0 aliphatic heterocycles. The molecule has 0 unspecified atom stereocenters. The number of nitrogens with zero attached hydrogens (tertiary/aromatic N) is 4. The molecule has 0 amide bonds. The average Bonchev–Trinajstić information content (AvgIpc) is 2.90. The fourth-order valence-corrected chi connectivity index (χ4v) is 3.03. The lowest BCUT2D eigenvalue weighted by molar-refractivity contribution is 0.0377. The molecule has 2 aromatic rings. The van der Waals surface area contributed by atoms with Crippen LogP contribution in [0.4, 0.5) is 0 Å². The van der Waals surface area contributed by atoms with Crippen LogP contribution >= 0.6 is 11.8 Å². The van der Waals surface area contributed by atoms with Crippen molar-refractivity contribution in [3.63, 3.8) is 0 Å². The molecule has 2 rings (SSSR count). The lowest BCUT2D eigenvalue weighted by atomic mass is 10.5. The minimum Gasteiger partial charge on any atom is -0.394 e. The Morgan fingerprint density at radius 3 is 2.33 bits per heavy atom. The van der Waals surface area contributed by atoms with Crippen LogP contribution in [-0.2, 0) is 30.6 Å². The van der Waals surface area contributed by atoms with Crippen LogP contribution < -0.4 is 11.2 Å². The molecule has 24 heavy (non-hydrogen) atoms. The van der Waals surface area contributed by atoms with E-state index >= 15 is 0 Å². The van der Waals surface area contributed by atoms with Crippen molar-refractivity contribution < 1.29 is 14.6 Å². The second kappa shape index (κ2) is 8.47. The molecule has 0 aliphatic rings. The maximum atomic E-state index is 12.3. The van der Waals surface area contributed by atoms with Gasteiger partial charge in [0.1, 0.15) is 0 Å². The molecule has 0 saturated carbocycles. The quantitative estimate of drug-likeness (QED) is 0.457. The zero-order valence-electron chi connectivity index (χ0n) is 14.0. The third-order valence-electron chi connectivity index (χ3n) is 3.50. The first-order valence-electron chi connectivity index (χ1n) is 7.50. The number of hydrogen-bond donors (Lipinski definition) is 1. The molecule has 9 nitrogen and oxygen atoms in total. The van der Waals surface area contributed by atoms with Gasteiger partial charge in [0.25, 0.3) is 5.56 Å². The summed E-state index contributed by atoms with van der Waals surface area (Å²) >= 11 is 1.45. The van der Waals surface area contributed by atoms with Gasteiger partial charge in [-0.2, -0.15) is 0 Å². The number of hydrogen-bond acceptors (Lipinski definition) is 7. The highest BCUT2D eigenvalue weighted by molar-refractivity contribution is 7.99. The number of imidazole rings is 1. The number of fused-ring (bicyclic) bond motifs is 1. The Kier molecular flexibility index (Phi) is 6.60. The van der Waals surface area contributed by atoms with Crippen molar-refractivity contribution in [3.8, 4) is 0 Å². The van der Waals surface area contributed by atoms with Gasteiger partial charge >= 0.3 is 5.69 Å². The third kappa shape index (κ3) is 3.89. The number of rotatable bonds is 9. The molecule has 1 N–H and O–H groups in total. The monoisotopic (exact) mass is 358 g/mol. The summed E-state index contributed by atoms with van der Waals surface area (Å²) in [4.78, 5) is 28.6.